The summed E-state index contributed by atoms with van der Waals surface area (Å²) < 4.78 is 38.0. The van der Waals surface area contributed by atoms with Gasteiger partial charge >= 0.3 is 6.09 Å². The Morgan fingerprint density at radius 1 is 1.16 bits per heavy atom. The summed E-state index contributed by atoms with van der Waals surface area (Å²) in [4.78, 5) is 11.8. The summed E-state index contributed by atoms with van der Waals surface area (Å²) in [6.07, 6.45) is -0.946. The van der Waals surface area contributed by atoms with Crippen molar-refractivity contribution >= 4 is 32.0 Å². The van der Waals surface area contributed by atoms with Crippen LogP contribution in [0.1, 0.15) is 16.0 Å². The molecule has 6 nitrogen and oxygen atoms in total. The minimum absolute atomic E-state index is 0.00980. The maximum atomic E-state index is 13.1. The van der Waals surface area contributed by atoms with E-state index in [1.807, 2.05) is 19.1 Å². The predicted octanol–water partition coefficient (Wildman–Crippen LogP) is 3.36. The Morgan fingerprint density at radius 2 is 1.84 bits per heavy atom. The van der Waals surface area contributed by atoms with Gasteiger partial charge in [-0.05, 0) is 25.1 Å². The lowest BCUT2D eigenvalue weighted by Crippen LogP contribution is -2.54. The molecule has 25 heavy (non-hydrogen) atoms. The summed E-state index contributed by atoms with van der Waals surface area (Å²) in [5.41, 5.74) is 0.204. The fourth-order valence-corrected chi connectivity index (χ4v) is 5.56. The van der Waals surface area contributed by atoms with Crippen LogP contribution in [0.5, 0.6) is 5.75 Å². The van der Waals surface area contributed by atoms with Gasteiger partial charge < -0.3 is 9.47 Å². The summed E-state index contributed by atoms with van der Waals surface area (Å²) in [6.45, 7) is 1.66. The molecule has 2 heterocycles. The number of carbonyl (C=O) groups excluding carboxylic acids is 1. The Hall–Kier alpha value is -2.06. The number of ether oxygens (including phenoxy) is 2. The van der Waals surface area contributed by atoms with Gasteiger partial charge in [-0.1, -0.05) is 51.8 Å². The molecule has 0 bridgehead atoms. The van der Waals surface area contributed by atoms with Gasteiger partial charge in [0.25, 0.3) is 15.7 Å². The van der Waals surface area contributed by atoms with E-state index in [9.17, 15) is 13.2 Å². The standard InChI is InChI=1S/C17H14BrNO5S/c1-11-6-8-12(9-7-11)25(21,22)19-16(20)23-10-17(19)15(18)13-4-2-3-5-14(13)24-17/h2-9,15H,10H2,1H3/t15-,17-/m0/s1. The maximum Gasteiger partial charge on any atom is 0.427 e. The number of hydrogen-bond donors (Lipinski definition) is 0. The Bertz CT molecular complexity index is 959. The number of hydrogen-bond acceptors (Lipinski definition) is 5. The van der Waals surface area contributed by atoms with E-state index in [-0.39, 0.29) is 11.5 Å². The summed E-state index contributed by atoms with van der Waals surface area (Å²) in [5, 5.41) is 0. The number of halogens is 1. The van der Waals surface area contributed by atoms with E-state index in [2.05, 4.69) is 15.9 Å². The smallest absolute Gasteiger partial charge is 0.427 e. The highest BCUT2D eigenvalue weighted by atomic mass is 79.9. The van der Waals surface area contributed by atoms with E-state index in [1.54, 1.807) is 24.3 Å². The monoisotopic (exact) mass is 423 g/mol. The van der Waals surface area contributed by atoms with Crippen molar-refractivity contribution < 1.29 is 22.7 Å². The van der Waals surface area contributed by atoms with E-state index in [1.165, 1.54) is 12.1 Å². The van der Waals surface area contributed by atoms with Crippen molar-refractivity contribution in [2.45, 2.75) is 22.4 Å². The van der Waals surface area contributed by atoms with Crippen LogP contribution in [-0.4, -0.2) is 31.1 Å². The number of benzene rings is 2. The zero-order valence-electron chi connectivity index (χ0n) is 13.2. The Labute approximate surface area is 153 Å². The molecule has 0 N–H and O–H groups in total. The van der Waals surface area contributed by atoms with Gasteiger partial charge in [-0.2, -0.15) is 4.31 Å². The molecule has 0 radical (unpaired) electrons. The quantitative estimate of drug-likeness (QED) is 0.692. The van der Waals surface area contributed by atoms with Crippen LogP contribution >= 0.6 is 15.9 Å². The lowest BCUT2D eigenvalue weighted by atomic mass is 10.1. The van der Waals surface area contributed by atoms with Crippen LogP contribution in [0.25, 0.3) is 0 Å². The first-order chi connectivity index (χ1) is 11.9. The molecule has 0 saturated carbocycles. The van der Waals surface area contributed by atoms with Crippen LogP contribution < -0.4 is 4.74 Å². The minimum Gasteiger partial charge on any atom is -0.461 e. The molecule has 4 rings (SSSR count). The van der Waals surface area contributed by atoms with Crippen LogP contribution in [0.15, 0.2) is 53.4 Å². The first-order valence-corrected chi connectivity index (χ1v) is 9.93. The number of aryl methyl sites for hydroxylation is 1. The van der Waals surface area contributed by atoms with Gasteiger partial charge in [0.1, 0.15) is 10.6 Å². The molecule has 2 aromatic carbocycles. The van der Waals surface area contributed by atoms with Crippen LogP contribution in [-0.2, 0) is 14.8 Å². The van der Waals surface area contributed by atoms with Crippen molar-refractivity contribution in [2.75, 3.05) is 6.61 Å². The largest absolute Gasteiger partial charge is 0.461 e. The van der Waals surface area contributed by atoms with Gasteiger partial charge in [-0.15, -0.1) is 0 Å². The van der Waals surface area contributed by atoms with Crippen LogP contribution in [0.3, 0.4) is 0 Å². The van der Waals surface area contributed by atoms with Crippen molar-refractivity contribution in [2.24, 2.45) is 0 Å². The van der Waals surface area contributed by atoms with E-state index >= 15 is 0 Å². The zero-order chi connectivity index (χ0) is 17.8. The lowest BCUT2D eigenvalue weighted by Gasteiger charge is -2.32. The van der Waals surface area contributed by atoms with Crippen LogP contribution in [0.2, 0.25) is 0 Å². The average molecular weight is 424 g/mol. The summed E-state index contributed by atoms with van der Waals surface area (Å²) in [5.74, 6) is 0.520. The van der Waals surface area contributed by atoms with E-state index < -0.39 is 26.7 Å². The summed E-state index contributed by atoms with van der Waals surface area (Å²) >= 11 is 3.50. The van der Waals surface area contributed by atoms with Crippen LogP contribution in [0, 0.1) is 6.92 Å². The first-order valence-electron chi connectivity index (χ1n) is 7.57. The Morgan fingerprint density at radius 3 is 2.52 bits per heavy atom. The van der Waals surface area contributed by atoms with Crippen molar-refractivity contribution in [3.05, 3.63) is 59.7 Å². The number of rotatable bonds is 2. The molecule has 2 aliphatic heterocycles. The summed E-state index contributed by atoms with van der Waals surface area (Å²) in [6, 6.07) is 13.5. The second-order valence-corrected chi connectivity index (χ2v) is 8.69. The molecular weight excluding hydrogens is 410 g/mol. The maximum absolute atomic E-state index is 13.1. The topological polar surface area (TPSA) is 72.9 Å². The lowest BCUT2D eigenvalue weighted by molar-refractivity contribution is 0.0193. The number of cyclic esters (lactones) is 1. The highest BCUT2D eigenvalue weighted by Crippen LogP contribution is 2.53. The van der Waals surface area contributed by atoms with Crippen molar-refractivity contribution in [1.29, 1.82) is 0 Å². The highest BCUT2D eigenvalue weighted by molar-refractivity contribution is 9.09. The molecule has 1 fully saturated rings. The molecule has 0 aromatic heterocycles. The number of fused-ring (bicyclic) bond motifs is 1. The van der Waals surface area contributed by atoms with Gasteiger partial charge in [0.2, 0.25) is 0 Å². The molecule has 1 amide bonds. The fourth-order valence-electron chi connectivity index (χ4n) is 3.07. The molecule has 2 atom stereocenters. The van der Waals surface area contributed by atoms with Gasteiger partial charge in [0, 0.05) is 5.56 Å². The van der Waals surface area contributed by atoms with E-state index in [0.29, 0.717) is 10.1 Å². The average Bonchev–Trinajstić information content (AvgIpc) is 3.07. The molecule has 1 saturated heterocycles. The number of nitrogens with zero attached hydrogens (tertiary/aromatic N) is 1. The van der Waals surface area contributed by atoms with Crippen molar-refractivity contribution in [3.63, 3.8) is 0 Å². The molecular formula is C17H14BrNO5S. The normalized spacial score (nSPS) is 25.0. The van der Waals surface area contributed by atoms with Crippen LogP contribution in [0.4, 0.5) is 4.79 Å². The molecule has 0 aliphatic carbocycles. The van der Waals surface area contributed by atoms with E-state index in [0.717, 1.165) is 11.1 Å². The Kier molecular flexibility index (Phi) is 3.59. The molecule has 2 aromatic rings. The van der Waals surface area contributed by atoms with E-state index in [4.69, 9.17) is 9.47 Å². The third-order valence-electron chi connectivity index (χ3n) is 4.35. The SMILES string of the molecule is Cc1ccc(S(=O)(=O)N2C(=O)OC[C@@]23Oc2ccccc2[C@@H]3Br)cc1. The van der Waals surface area contributed by atoms with Crippen molar-refractivity contribution in [3.8, 4) is 5.75 Å². The number of alkyl halides is 1. The second kappa shape index (κ2) is 5.47. The number of carbonyl (C=O) groups is 1. The van der Waals surface area contributed by atoms with Gasteiger partial charge in [0.05, 0.1) is 4.90 Å². The Balaban J connectivity index is 1.83. The predicted molar refractivity (Wildman–Crippen MR) is 93.0 cm³/mol. The minimum atomic E-state index is -4.14. The van der Waals surface area contributed by atoms with Gasteiger partial charge in [-0.25, -0.2) is 13.2 Å². The second-order valence-electron chi connectivity index (χ2n) is 5.98. The highest BCUT2D eigenvalue weighted by Gasteiger charge is 2.63. The molecule has 1 spiro atoms. The molecule has 0 unspecified atom stereocenters. The molecule has 8 heteroatoms. The first kappa shape index (κ1) is 16.4. The number of para-hydroxylation sites is 1. The molecule has 130 valence electrons. The molecule has 2 aliphatic rings. The van der Waals surface area contributed by atoms with Gasteiger partial charge in [-0.3, -0.25) is 0 Å². The number of sulfonamides is 1. The zero-order valence-corrected chi connectivity index (χ0v) is 15.6. The third-order valence-corrected chi connectivity index (χ3v) is 7.36. The van der Waals surface area contributed by atoms with Crippen molar-refractivity contribution in [1.82, 2.24) is 4.31 Å². The van der Waals surface area contributed by atoms with Gasteiger partial charge in [0.15, 0.2) is 6.61 Å². The summed E-state index contributed by atoms with van der Waals surface area (Å²) in [7, 11) is -4.14. The number of amides is 1. The third kappa shape index (κ3) is 2.27. The fraction of sp³-hybridized carbons (Fsp3) is 0.235.